The molecule has 5 heteroatoms. The van der Waals surface area contributed by atoms with E-state index >= 15 is 0 Å². The van der Waals surface area contributed by atoms with E-state index in [2.05, 4.69) is 46.4 Å². The summed E-state index contributed by atoms with van der Waals surface area (Å²) in [6.07, 6.45) is 3.50. The van der Waals surface area contributed by atoms with Gasteiger partial charge in [-0.15, -0.1) is 0 Å². The topological polar surface area (TPSA) is 46.0 Å². The zero-order valence-corrected chi connectivity index (χ0v) is 23.7. The summed E-state index contributed by atoms with van der Waals surface area (Å²) in [5.41, 5.74) is 4.09. The second-order valence-corrected chi connectivity index (χ2v) is 10.3. The fourth-order valence-electron chi connectivity index (χ4n) is 4.84. The summed E-state index contributed by atoms with van der Waals surface area (Å²) in [6, 6.07) is 46.6. The lowest BCUT2D eigenvalue weighted by molar-refractivity contribution is 0.121. The van der Waals surface area contributed by atoms with Crippen molar-refractivity contribution in [3.63, 3.8) is 0 Å². The molecule has 0 radical (unpaired) electrons. The van der Waals surface area contributed by atoms with Crippen LogP contribution in [0.15, 0.2) is 158 Å². The minimum atomic E-state index is -1.33. The minimum absolute atomic E-state index is 0.107. The first-order valence-corrected chi connectivity index (χ1v) is 14.0. The van der Waals surface area contributed by atoms with Crippen LogP contribution >= 0.6 is 23.2 Å². The Bertz CT molecular complexity index is 1590. The molecule has 6 aromatic rings. The van der Waals surface area contributed by atoms with Crippen molar-refractivity contribution in [3.05, 3.63) is 202 Å². The second-order valence-electron chi connectivity index (χ2n) is 9.46. The summed E-state index contributed by atoms with van der Waals surface area (Å²) >= 11 is 12.2. The number of halogens is 2. The van der Waals surface area contributed by atoms with Crippen LogP contribution in [0.2, 0.25) is 10.0 Å². The molecule has 3 nitrogen and oxygen atoms in total. The Kier molecular flexibility index (Phi) is 9.22. The summed E-state index contributed by atoms with van der Waals surface area (Å²) in [5, 5.41) is 12.8. The molecule has 41 heavy (non-hydrogen) atoms. The second kappa shape index (κ2) is 13.4. The van der Waals surface area contributed by atoms with Gasteiger partial charge in [0.1, 0.15) is 0 Å². The highest BCUT2D eigenvalue weighted by atomic mass is 35.5. The van der Waals surface area contributed by atoms with Crippen molar-refractivity contribution >= 4 is 23.2 Å². The van der Waals surface area contributed by atoms with Crippen LogP contribution in [0, 0.1) is 0 Å². The van der Waals surface area contributed by atoms with Gasteiger partial charge in [-0.3, -0.25) is 9.97 Å². The third kappa shape index (κ3) is 6.72. The number of aliphatic hydroxyl groups is 1. The third-order valence-electron chi connectivity index (χ3n) is 6.77. The molecular weight excluding hydrogens is 547 g/mol. The standard InChI is InChI=1S/C18H14ClNO.C18H14ClN/c19-16-10-6-9-15(13-16)18(21,14-7-2-1-3-8-14)17-11-4-5-12-20-17;19-16-10-6-9-15(13-16)18(14-7-2-1-3-8-14)17-11-4-5-12-20-17/h1-13,21H;1-13,18H. The van der Waals surface area contributed by atoms with Crippen LogP contribution in [0.3, 0.4) is 0 Å². The van der Waals surface area contributed by atoms with Crippen molar-refractivity contribution in [1.29, 1.82) is 0 Å². The van der Waals surface area contributed by atoms with Crippen molar-refractivity contribution in [2.45, 2.75) is 11.5 Å². The molecular formula is C36H28Cl2N2O. The molecule has 2 unspecified atom stereocenters. The van der Waals surface area contributed by atoms with Gasteiger partial charge in [0.2, 0.25) is 0 Å². The van der Waals surface area contributed by atoms with Gasteiger partial charge in [0, 0.05) is 22.4 Å². The van der Waals surface area contributed by atoms with Crippen molar-refractivity contribution < 1.29 is 5.11 Å². The van der Waals surface area contributed by atoms with Gasteiger partial charge in [-0.1, -0.05) is 120 Å². The molecule has 0 bridgehead atoms. The van der Waals surface area contributed by atoms with Crippen LogP contribution in [0.1, 0.15) is 39.6 Å². The molecule has 0 amide bonds. The highest BCUT2D eigenvalue weighted by molar-refractivity contribution is 6.30. The summed E-state index contributed by atoms with van der Waals surface area (Å²) < 4.78 is 0. The summed E-state index contributed by atoms with van der Waals surface area (Å²) in [7, 11) is 0. The first-order valence-electron chi connectivity index (χ1n) is 13.2. The molecule has 6 rings (SSSR count). The van der Waals surface area contributed by atoms with Crippen LogP contribution in [0.25, 0.3) is 0 Å². The molecule has 0 saturated carbocycles. The summed E-state index contributed by atoms with van der Waals surface area (Å²) in [6.45, 7) is 0. The molecule has 1 N–H and O–H groups in total. The zero-order chi connectivity index (χ0) is 28.5. The van der Waals surface area contributed by atoms with E-state index in [-0.39, 0.29) is 5.92 Å². The van der Waals surface area contributed by atoms with E-state index in [4.69, 9.17) is 23.2 Å². The molecule has 202 valence electrons. The molecule has 2 aromatic heterocycles. The molecule has 0 aliphatic carbocycles. The van der Waals surface area contributed by atoms with Crippen LogP contribution < -0.4 is 0 Å². The Morgan fingerprint density at radius 1 is 0.512 bits per heavy atom. The number of hydrogen-bond donors (Lipinski definition) is 1. The van der Waals surface area contributed by atoms with Crippen LogP contribution in [0.5, 0.6) is 0 Å². The molecule has 0 aliphatic rings. The van der Waals surface area contributed by atoms with E-state index in [0.29, 0.717) is 16.3 Å². The largest absolute Gasteiger partial charge is 0.374 e. The number of nitrogens with zero attached hydrogens (tertiary/aromatic N) is 2. The Labute approximate surface area is 250 Å². The average molecular weight is 576 g/mol. The number of benzene rings is 4. The normalized spacial score (nSPS) is 12.9. The van der Waals surface area contributed by atoms with Gasteiger partial charge in [-0.05, 0) is 70.8 Å². The Morgan fingerprint density at radius 2 is 1.07 bits per heavy atom. The quantitative estimate of drug-likeness (QED) is 0.216. The molecule has 2 heterocycles. The maximum Gasteiger partial charge on any atom is 0.157 e. The van der Waals surface area contributed by atoms with Crippen molar-refractivity contribution in [3.8, 4) is 0 Å². The lowest BCUT2D eigenvalue weighted by Gasteiger charge is -2.29. The fourth-order valence-corrected chi connectivity index (χ4v) is 5.23. The van der Waals surface area contributed by atoms with E-state index in [9.17, 15) is 5.11 Å². The molecule has 0 saturated heterocycles. The molecule has 4 aromatic carbocycles. The number of pyridine rings is 2. The average Bonchev–Trinajstić information content (AvgIpc) is 3.03. The van der Waals surface area contributed by atoms with Crippen molar-refractivity contribution in [2.75, 3.05) is 0 Å². The van der Waals surface area contributed by atoms with Gasteiger partial charge in [0.15, 0.2) is 5.60 Å². The molecule has 0 fully saturated rings. The smallest absolute Gasteiger partial charge is 0.157 e. The lowest BCUT2D eigenvalue weighted by atomic mass is 9.83. The van der Waals surface area contributed by atoms with Gasteiger partial charge in [-0.25, -0.2) is 0 Å². The summed E-state index contributed by atoms with van der Waals surface area (Å²) in [4.78, 5) is 8.86. The first kappa shape index (κ1) is 28.3. The highest BCUT2D eigenvalue weighted by Crippen LogP contribution is 2.36. The predicted octanol–water partition coefficient (Wildman–Crippen LogP) is 8.93. The summed E-state index contributed by atoms with van der Waals surface area (Å²) in [5.74, 6) is 0.107. The van der Waals surface area contributed by atoms with Gasteiger partial charge in [0.05, 0.1) is 17.3 Å². The fraction of sp³-hybridized carbons (Fsp3) is 0.0556. The van der Waals surface area contributed by atoms with Gasteiger partial charge in [0.25, 0.3) is 0 Å². The lowest BCUT2D eigenvalue weighted by Crippen LogP contribution is -2.29. The predicted molar refractivity (Wildman–Crippen MR) is 167 cm³/mol. The minimum Gasteiger partial charge on any atom is -0.374 e. The van der Waals surface area contributed by atoms with Crippen molar-refractivity contribution in [1.82, 2.24) is 9.97 Å². The van der Waals surface area contributed by atoms with E-state index in [0.717, 1.165) is 21.8 Å². The zero-order valence-electron chi connectivity index (χ0n) is 22.2. The Balaban J connectivity index is 0.000000165. The maximum absolute atomic E-state index is 11.4. The van der Waals surface area contributed by atoms with E-state index in [1.54, 1.807) is 18.3 Å². The Morgan fingerprint density at radius 3 is 1.68 bits per heavy atom. The molecule has 0 spiro atoms. The van der Waals surface area contributed by atoms with Gasteiger partial charge >= 0.3 is 0 Å². The van der Waals surface area contributed by atoms with Crippen LogP contribution in [-0.2, 0) is 5.60 Å². The highest BCUT2D eigenvalue weighted by Gasteiger charge is 2.35. The Hall–Kier alpha value is -4.28. The first-order chi connectivity index (χ1) is 20.1. The molecule has 2 atom stereocenters. The van der Waals surface area contributed by atoms with E-state index < -0.39 is 5.60 Å². The molecule has 0 aliphatic heterocycles. The number of rotatable bonds is 6. The van der Waals surface area contributed by atoms with E-state index in [1.165, 1.54) is 5.56 Å². The van der Waals surface area contributed by atoms with Gasteiger partial charge in [-0.2, -0.15) is 0 Å². The van der Waals surface area contributed by atoms with E-state index in [1.807, 2.05) is 103 Å². The van der Waals surface area contributed by atoms with Crippen LogP contribution in [-0.4, -0.2) is 15.1 Å². The SMILES string of the molecule is Clc1cccc(C(c2ccccc2)c2ccccn2)c1.OC(c1ccccc1)(c1cccc(Cl)c1)c1ccccn1. The van der Waals surface area contributed by atoms with Gasteiger partial charge < -0.3 is 5.11 Å². The number of aromatic nitrogens is 2. The maximum atomic E-state index is 11.4. The van der Waals surface area contributed by atoms with Crippen molar-refractivity contribution in [2.24, 2.45) is 0 Å². The van der Waals surface area contributed by atoms with Crippen LogP contribution in [0.4, 0.5) is 0 Å². The number of hydrogen-bond acceptors (Lipinski definition) is 3. The monoisotopic (exact) mass is 574 g/mol. The third-order valence-corrected chi connectivity index (χ3v) is 7.24.